The smallest absolute Gasteiger partial charge is 0.103 e. The van der Waals surface area contributed by atoms with Gasteiger partial charge < -0.3 is 10.8 Å². The van der Waals surface area contributed by atoms with E-state index < -0.39 is 6.23 Å². The van der Waals surface area contributed by atoms with E-state index >= 15 is 0 Å². The second-order valence-electron chi connectivity index (χ2n) is 1.65. The minimum atomic E-state index is -0.701. The van der Waals surface area contributed by atoms with Gasteiger partial charge in [0.15, 0.2) is 0 Å². The van der Waals surface area contributed by atoms with E-state index in [1.807, 2.05) is 6.92 Å². The van der Waals surface area contributed by atoms with Gasteiger partial charge in [-0.05, 0) is 6.42 Å². The van der Waals surface area contributed by atoms with E-state index in [1.54, 1.807) is 0 Å². The molecular formula is C4H11NOS. The Hall–Kier alpha value is 0.270. The quantitative estimate of drug-likeness (QED) is 0.355. The van der Waals surface area contributed by atoms with Gasteiger partial charge in [0.05, 0.1) is 0 Å². The maximum absolute atomic E-state index is 8.45. The van der Waals surface area contributed by atoms with E-state index in [4.69, 9.17) is 10.8 Å². The molecule has 0 aliphatic rings. The number of aliphatic hydroxyl groups is 1. The third kappa shape index (κ3) is 6.27. The zero-order chi connectivity index (χ0) is 5.86. The molecule has 0 radical (unpaired) electrons. The molecule has 0 fully saturated rings. The van der Waals surface area contributed by atoms with Crippen LogP contribution in [0.25, 0.3) is 0 Å². The van der Waals surface area contributed by atoms with Crippen molar-refractivity contribution in [3.63, 3.8) is 0 Å². The van der Waals surface area contributed by atoms with Crippen molar-refractivity contribution in [3.8, 4) is 0 Å². The van der Waals surface area contributed by atoms with Crippen molar-refractivity contribution in [3.05, 3.63) is 0 Å². The van der Waals surface area contributed by atoms with E-state index in [0.29, 0.717) is 6.42 Å². The predicted molar refractivity (Wildman–Crippen MR) is 33.3 cm³/mol. The zero-order valence-corrected chi connectivity index (χ0v) is 5.23. The molecule has 0 aromatic carbocycles. The highest BCUT2D eigenvalue weighted by molar-refractivity contribution is 7.80. The molecule has 2 nitrogen and oxygen atoms in total. The lowest BCUT2D eigenvalue weighted by Crippen LogP contribution is -2.21. The predicted octanol–water partition coefficient (Wildman–Crippen LogP) is -0.0281. The van der Waals surface area contributed by atoms with Crippen molar-refractivity contribution in [1.82, 2.24) is 0 Å². The molecule has 0 rings (SSSR count). The summed E-state index contributed by atoms with van der Waals surface area (Å²) in [7, 11) is 0. The van der Waals surface area contributed by atoms with E-state index in [-0.39, 0.29) is 5.25 Å². The van der Waals surface area contributed by atoms with Crippen molar-refractivity contribution < 1.29 is 5.11 Å². The first-order chi connectivity index (χ1) is 3.13. The van der Waals surface area contributed by atoms with Crippen LogP contribution in [0.2, 0.25) is 0 Å². The van der Waals surface area contributed by atoms with Crippen molar-refractivity contribution in [2.24, 2.45) is 5.73 Å². The highest BCUT2D eigenvalue weighted by atomic mass is 32.1. The molecule has 0 aliphatic heterocycles. The van der Waals surface area contributed by atoms with Gasteiger partial charge in [-0.1, -0.05) is 6.92 Å². The van der Waals surface area contributed by atoms with E-state index in [2.05, 4.69) is 12.6 Å². The van der Waals surface area contributed by atoms with Gasteiger partial charge in [0.25, 0.3) is 0 Å². The summed E-state index contributed by atoms with van der Waals surface area (Å²) in [4.78, 5) is 0. The Morgan fingerprint density at radius 3 is 2.29 bits per heavy atom. The summed E-state index contributed by atoms with van der Waals surface area (Å²) < 4.78 is 0. The van der Waals surface area contributed by atoms with E-state index in [1.165, 1.54) is 0 Å². The molecule has 0 bridgehead atoms. The lowest BCUT2D eigenvalue weighted by molar-refractivity contribution is 0.173. The fraction of sp³-hybridized carbons (Fsp3) is 1.00. The number of hydrogen-bond acceptors (Lipinski definition) is 3. The molecule has 0 aromatic heterocycles. The standard InChI is InChI=1S/C4H11NOS/c1-3(7)2-4(5)6/h3-4,6-7H,2,5H2,1H3/t3-,4-/m1/s1. The number of aliphatic hydroxyl groups excluding tert-OH is 1. The van der Waals surface area contributed by atoms with Gasteiger partial charge in [-0.25, -0.2) is 0 Å². The first-order valence-corrected chi connectivity index (χ1v) is 2.76. The van der Waals surface area contributed by atoms with Crippen LogP contribution >= 0.6 is 12.6 Å². The van der Waals surface area contributed by atoms with Crippen LogP contribution in [0, 0.1) is 0 Å². The molecule has 44 valence electrons. The van der Waals surface area contributed by atoms with Crippen LogP contribution in [-0.4, -0.2) is 16.6 Å². The molecule has 0 aromatic rings. The van der Waals surface area contributed by atoms with Crippen molar-refractivity contribution in [2.45, 2.75) is 24.8 Å². The highest BCUT2D eigenvalue weighted by Gasteiger charge is 1.98. The fourth-order valence-electron chi connectivity index (χ4n) is 0.349. The van der Waals surface area contributed by atoms with Crippen LogP contribution in [0.15, 0.2) is 0 Å². The summed E-state index contributed by atoms with van der Waals surface area (Å²) in [5.74, 6) is 0. The first kappa shape index (κ1) is 7.27. The summed E-state index contributed by atoms with van der Waals surface area (Å²) >= 11 is 4.00. The van der Waals surface area contributed by atoms with E-state index in [0.717, 1.165) is 0 Å². The lowest BCUT2D eigenvalue weighted by atomic mass is 10.3. The Bertz CT molecular complexity index is 41.0. The largest absolute Gasteiger partial charge is 0.379 e. The number of hydrogen-bond donors (Lipinski definition) is 3. The minimum Gasteiger partial charge on any atom is -0.379 e. The van der Waals surface area contributed by atoms with Gasteiger partial charge in [-0.15, -0.1) is 0 Å². The maximum Gasteiger partial charge on any atom is 0.103 e. The minimum absolute atomic E-state index is 0.194. The molecule has 7 heavy (non-hydrogen) atoms. The topological polar surface area (TPSA) is 46.2 Å². The Morgan fingerprint density at radius 1 is 1.86 bits per heavy atom. The van der Waals surface area contributed by atoms with Gasteiger partial charge in [0.2, 0.25) is 0 Å². The average molecular weight is 121 g/mol. The second kappa shape index (κ2) is 3.29. The van der Waals surface area contributed by atoms with E-state index in [9.17, 15) is 0 Å². The van der Waals surface area contributed by atoms with Gasteiger partial charge in [-0.2, -0.15) is 12.6 Å². The van der Waals surface area contributed by atoms with Gasteiger partial charge in [0.1, 0.15) is 6.23 Å². The number of thiol groups is 1. The fourth-order valence-corrected chi connectivity index (χ4v) is 0.565. The number of nitrogens with two attached hydrogens (primary N) is 1. The molecule has 0 aliphatic carbocycles. The Kier molecular flexibility index (Phi) is 3.42. The van der Waals surface area contributed by atoms with Crippen molar-refractivity contribution in [1.29, 1.82) is 0 Å². The zero-order valence-electron chi connectivity index (χ0n) is 4.33. The summed E-state index contributed by atoms with van der Waals surface area (Å²) in [5.41, 5.74) is 5.00. The molecule has 0 unspecified atom stereocenters. The second-order valence-corrected chi connectivity index (χ2v) is 2.53. The molecular weight excluding hydrogens is 110 g/mol. The van der Waals surface area contributed by atoms with Crippen molar-refractivity contribution >= 4 is 12.6 Å². The van der Waals surface area contributed by atoms with Gasteiger partial charge in [-0.3, -0.25) is 0 Å². The van der Waals surface area contributed by atoms with Crippen LogP contribution in [-0.2, 0) is 0 Å². The molecule has 0 heterocycles. The molecule has 0 saturated heterocycles. The van der Waals surface area contributed by atoms with Crippen LogP contribution in [0.4, 0.5) is 0 Å². The van der Waals surface area contributed by atoms with Crippen LogP contribution in [0.1, 0.15) is 13.3 Å². The van der Waals surface area contributed by atoms with Crippen LogP contribution < -0.4 is 5.73 Å². The maximum atomic E-state index is 8.45. The first-order valence-electron chi connectivity index (χ1n) is 2.24. The van der Waals surface area contributed by atoms with Crippen molar-refractivity contribution in [2.75, 3.05) is 0 Å². The third-order valence-corrected chi connectivity index (χ3v) is 0.793. The Balaban J connectivity index is 2.95. The summed E-state index contributed by atoms with van der Waals surface area (Å²) in [6.07, 6.45) is -0.143. The molecule has 0 spiro atoms. The molecule has 0 amide bonds. The Labute approximate surface area is 49.1 Å². The summed E-state index contributed by atoms with van der Waals surface area (Å²) in [6, 6.07) is 0. The molecule has 3 N–H and O–H groups in total. The molecule has 0 saturated carbocycles. The lowest BCUT2D eigenvalue weighted by Gasteiger charge is -2.04. The molecule has 2 atom stereocenters. The Morgan fingerprint density at radius 2 is 2.29 bits per heavy atom. The normalized spacial score (nSPS) is 18.9. The SMILES string of the molecule is C[C@@H](S)C[C@H](N)O. The van der Waals surface area contributed by atoms with Gasteiger partial charge >= 0.3 is 0 Å². The summed E-state index contributed by atoms with van der Waals surface area (Å²) in [6.45, 7) is 1.89. The van der Waals surface area contributed by atoms with Crippen LogP contribution in [0.5, 0.6) is 0 Å². The molecule has 3 heteroatoms. The summed E-state index contributed by atoms with van der Waals surface area (Å²) in [5, 5.41) is 8.65. The highest BCUT2D eigenvalue weighted by Crippen LogP contribution is 1.98. The third-order valence-electron chi connectivity index (χ3n) is 0.583. The average Bonchev–Trinajstić information content (AvgIpc) is 1.27. The monoisotopic (exact) mass is 121 g/mol. The number of rotatable bonds is 2. The van der Waals surface area contributed by atoms with Crippen LogP contribution in [0.3, 0.4) is 0 Å². The van der Waals surface area contributed by atoms with Gasteiger partial charge in [0, 0.05) is 5.25 Å².